The molecule has 0 fully saturated rings. The number of rotatable bonds is 5. The van der Waals surface area contributed by atoms with Crippen LogP contribution < -0.4 is 4.74 Å². The molecule has 0 spiro atoms. The van der Waals surface area contributed by atoms with Gasteiger partial charge >= 0.3 is 0 Å². The summed E-state index contributed by atoms with van der Waals surface area (Å²) >= 11 is 0. The first-order valence-electron chi connectivity index (χ1n) is 5.42. The van der Waals surface area contributed by atoms with Gasteiger partial charge in [0.25, 0.3) is 0 Å². The maximum absolute atomic E-state index is 11.9. The standard InChI is InChI=1S/C13H17NO3/c1-14(2)13(16)9-8-11(15)10-6-4-5-7-12(10)17-3/h4-7H,8-9H2,1-3H3. The number of hydrogen-bond acceptors (Lipinski definition) is 3. The van der Waals surface area contributed by atoms with Crippen LogP contribution in [0.1, 0.15) is 23.2 Å². The van der Waals surface area contributed by atoms with Gasteiger partial charge in [0, 0.05) is 26.9 Å². The maximum Gasteiger partial charge on any atom is 0.222 e. The Morgan fingerprint density at radius 1 is 1.18 bits per heavy atom. The van der Waals surface area contributed by atoms with Crippen LogP contribution in [0.3, 0.4) is 0 Å². The number of carbonyl (C=O) groups excluding carboxylic acids is 2. The van der Waals surface area contributed by atoms with Gasteiger partial charge in [-0.15, -0.1) is 0 Å². The molecule has 0 aliphatic rings. The lowest BCUT2D eigenvalue weighted by Gasteiger charge is -2.10. The van der Waals surface area contributed by atoms with Crippen LogP contribution in [-0.2, 0) is 4.79 Å². The summed E-state index contributed by atoms with van der Waals surface area (Å²) in [5, 5.41) is 0. The van der Waals surface area contributed by atoms with E-state index in [0.717, 1.165) is 0 Å². The zero-order valence-electron chi connectivity index (χ0n) is 10.4. The summed E-state index contributed by atoms with van der Waals surface area (Å²) < 4.78 is 5.10. The van der Waals surface area contributed by atoms with Gasteiger partial charge in [-0.3, -0.25) is 9.59 Å². The second kappa shape index (κ2) is 6.03. The number of para-hydroxylation sites is 1. The van der Waals surface area contributed by atoms with Crippen LogP contribution >= 0.6 is 0 Å². The lowest BCUT2D eigenvalue weighted by Crippen LogP contribution is -2.22. The van der Waals surface area contributed by atoms with Gasteiger partial charge in [0.05, 0.1) is 12.7 Å². The molecule has 1 aromatic carbocycles. The summed E-state index contributed by atoms with van der Waals surface area (Å²) in [6, 6.07) is 7.03. The third-order valence-electron chi connectivity index (χ3n) is 2.47. The van der Waals surface area contributed by atoms with E-state index in [1.54, 1.807) is 38.4 Å². The molecule has 4 nitrogen and oxygen atoms in total. The molecule has 1 amide bonds. The molecule has 0 saturated heterocycles. The van der Waals surface area contributed by atoms with Crippen LogP contribution in [0, 0.1) is 0 Å². The highest BCUT2D eigenvalue weighted by Gasteiger charge is 2.13. The van der Waals surface area contributed by atoms with Crippen LogP contribution in [-0.4, -0.2) is 37.8 Å². The predicted molar refractivity (Wildman–Crippen MR) is 65.3 cm³/mol. The molecular weight excluding hydrogens is 218 g/mol. The molecule has 0 aromatic heterocycles. The number of methoxy groups -OCH3 is 1. The second-order valence-electron chi connectivity index (χ2n) is 3.91. The highest BCUT2D eigenvalue weighted by molar-refractivity contribution is 6.00. The molecule has 4 heteroatoms. The molecule has 0 N–H and O–H groups in total. The number of carbonyl (C=O) groups is 2. The Kier molecular flexibility index (Phi) is 4.69. The average Bonchev–Trinajstić information content (AvgIpc) is 2.35. The molecule has 0 bridgehead atoms. The summed E-state index contributed by atoms with van der Waals surface area (Å²) in [6.07, 6.45) is 0.432. The van der Waals surface area contributed by atoms with Crippen LogP contribution in [0.4, 0.5) is 0 Å². The maximum atomic E-state index is 11.9. The molecule has 0 unspecified atom stereocenters. The van der Waals surface area contributed by atoms with Crippen molar-refractivity contribution in [3.05, 3.63) is 29.8 Å². The molecule has 0 radical (unpaired) electrons. The molecular formula is C13H17NO3. The molecule has 1 rings (SSSR count). The Morgan fingerprint density at radius 3 is 2.41 bits per heavy atom. The fraction of sp³-hybridized carbons (Fsp3) is 0.385. The minimum absolute atomic E-state index is 0.0479. The van der Waals surface area contributed by atoms with E-state index in [2.05, 4.69) is 0 Å². The zero-order chi connectivity index (χ0) is 12.8. The topological polar surface area (TPSA) is 46.6 Å². The lowest BCUT2D eigenvalue weighted by molar-refractivity contribution is -0.128. The number of Topliss-reactive ketones (excluding diaryl/α,β-unsaturated/α-hetero) is 1. The number of ether oxygens (including phenoxy) is 1. The van der Waals surface area contributed by atoms with Gasteiger partial charge < -0.3 is 9.64 Å². The van der Waals surface area contributed by atoms with Crippen LogP contribution in [0.15, 0.2) is 24.3 Å². The van der Waals surface area contributed by atoms with Crippen LogP contribution in [0.25, 0.3) is 0 Å². The second-order valence-corrected chi connectivity index (χ2v) is 3.91. The minimum Gasteiger partial charge on any atom is -0.496 e. The third kappa shape index (κ3) is 3.59. The summed E-state index contributed by atoms with van der Waals surface area (Å²) in [5.74, 6) is 0.431. The van der Waals surface area contributed by atoms with Crippen molar-refractivity contribution in [2.75, 3.05) is 21.2 Å². The van der Waals surface area contributed by atoms with E-state index < -0.39 is 0 Å². The Labute approximate surface area is 101 Å². The third-order valence-corrected chi connectivity index (χ3v) is 2.47. The molecule has 17 heavy (non-hydrogen) atoms. The van der Waals surface area contributed by atoms with E-state index in [9.17, 15) is 9.59 Å². The fourth-order valence-corrected chi connectivity index (χ4v) is 1.45. The first-order chi connectivity index (χ1) is 8.06. The highest BCUT2D eigenvalue weighted by Crippen LogP contribution is 2.19. The summed E-state index contributed by atoms with van der Waals surface area (Å²) in [4.78, 5) is 24.8. The quantitative estimate of drug-likeness (QED) is 0.730. The van der Waals surface area contributed by atoms with Gasteiger partial charge in [0.2, 0.25) is 5.91 Å². The number of benzene rings is 1. The predicted octanol–water partition coefficient (Wildman–Crippen LogP) is 1.75. The Bertz CT molecular complexity index is 413. The van der Waals surface area contributed by atoms with Gasteiger partial charge in [-0.2, -0.15) is 0 Å². The minimum atomic E-state index is -0.0716. The van der Waals surface area contributed by atoms with Crippen LogP contribution in [0.2, 0.25) is 0 Å². The van der Waals surface area contributed by atoms with Gasteiger partial charge in [-0.25, -0.2) is 0 Å². The summed E-state index contributed by atoms with van der Waals surface area (Å²) in [6.45, 7) is 0. The van der Waals surface area contributed by atoms with Crippen molar-refractivity contribution in [3.63, 3.8) is 0 Å². The first-order valence-corrected chi connectivity index (χ1v) is 5.42. The number of nitrogens with zero attached hydrogens (tertiary/aromatic N) is 1. The zero-order valence-corrected chi connectivity index (χ0v) is 10.4. The van der Waals surface area contributed by atoms with E-state index in [-0.39, 0.29) is 24.5 Å². The largest absolute Gasteiger partial charge is 0.496 e. The van der Waals surface area contributed by atoms with E-state index in [1.165, 1.54) is 12.0 Å². The molecule has 1 aromatic rings. The Balaban J connectivity index is 2.67. The van der Waals surface area contributed by atoms with Crippen LogP contribution in [0.5, 0.6) is 5.75 Å². The number of amides is 1. The van der Waals surface area contributed by atoms with Crippen molar-refractivity contribution in [1.29, 1.82) is 0 Å². The SMILES string of the molecule is COc1ccccc1C(=O)CCC(=O)N(C)C. The monoisotopic (exact) mass is 235 g/mol. The molecule has 0 aliphatic heterocycles. The van der Waals surface area contributed by atoms with Gasteiger partial charge in [0.1, 0.15) is 5.75 Å². The van der Waals surface area contributed by atoms with E-state index >= 15 is 0 Å². The summed E-state index contributed by atoms with van der Waals surface area (Å²) in [5.41, 5.74) is 0.529. The average molecular weight is 235 g/mol. The van der Waals surface area contributed by atoms with Crippen molar-refractivity contribution >= 4 is 11.7 Å². The van der Waals surface area contributed by atoms with E-state index in [1.807, 2.05) is 0 Å². The summed E-state index contributed by atoms with van der Waals surface area (Å²) in [7, 11) is 4.88. The van der Waals surface area contributed by atoms with Crippen molar-refractivity contribution in [1.82, 2.24) is 4.90 Å². The van der Waals surface area contributed by atoms with Gasteiger partial charge in [-0.05, 0) is 12.1 Å². The van der Waals surface area contributed by atoms with Gasteiger partial charge in [-0.1, -0.05) is 12.1 Å². The lowest BCUT2D eigenvalue weighted by atomic mass is 10.1. The van der Waals surface area contributed by atoms with E-state index in [0.29, 0.717) is 11.3 Å². The normalized spacial score (nSPS) is 9.82. The molecule has 0 aliphatic carbocycles. The Hall–Kier alpha value is -1.84. The number of hydrogen-bond donors (Lipinski definition) is 0. The Morgan fingerprint density at radius 2 is 1.82 bits per heavy atom. The molecule has 92 valence electrons. The van der Waals surface area contributed by atoms with Gasteiger partial charge in [0.15, 0.2) is 5.78 Å². The molecule has 0 heterocycles. The van der Waals surface area contributed by atoms with Crippen molar-refractivity contribution in [2.24, 2.45) is 0 Å². The smallest absolute Gasteiger partial charge is 0.222 e. The first kappa shape index (κ1) is 13.2. The van der Waals surface area contributed by atoms with Crippen molar-refractivity contribution in [2.45, 2.75) is 12.8 Å². The van der Waals surface area contributed by atoms with E-state index in [4.69, 9.17) is 4.74 Å². The fourth-order valence-electron chi connectivity index (χ4n) is 1.45. The highest BCUT2D eigenvalue weighted by atomic mass is 16.5. The molecule has 0 saturated carbocycles. The van der Waals surface area contributed by atoms with Crippen molar-refractivity contribution < 1.29 is 14.3 Å². The molecule has 0 atom stereocenters. The number of ketones is 1. The van der Waals surface area contributed by atoms with Crippen molar-refractivity contribution in [3.8, 4) is 5.75 Å².